The van der Waals surface area contributed by atoms with Crippen LogP contribution in [-0.4, -0.2) is 50.5 Å². The molecule has 31 heavy (non-hydrogen) atoms. The molecule has 2 aromatic heterocycles. The standard InChI is InChI=1S/C24H25N3O4/c1-16-12-21(31-26-16)14-24(30)27-15-20(28)13-22(27)23(29)7-4-17-2-5-18(6-3-17)19-8-10-25-11-9-19/h2-3,5-6,8-12,20,22,28H,4,7,13-15H2,1H3/t20-,22+/m1/s1. The molecule has 160 valence electrons. The highest BCUT2D eigenvalue weighted by atomic mass is 16.5. The summed E-state index contributed by atoms with van der Waals surface area (Å²) in [4.78, 5) is 31.1. The van der Waals surface area contributed by atoms with E-state index in [1.807, 2.05) is 36.4 Å². The third-order valence-electron chi connectivity index (χ3n) is 5.60. The first kappa shape index (κ1) is 20.9. The van der Waals surface area contributed by atoms with Crippen LogP contribution in [0.4, 0.5) is 0 Å². The summed E-state index contributed by atoms with van der Waals surface area (Å²) in [6.07, 6.45) is 4.05. The summed E-state index contributed by atoms with van der Waals surface area (Å²) < 4.78 is 5.12. The van der Waals surface area contributed by atoms with E-state index in [0.29, 0.717) is 24.3 Å². The Hall–Kier alpha value is -3.32. The zero-order valence-electron chi connectivity index (χ0n) is 17.4. The van der Waals surface area contributed by atoms with Crippen LogP contribution in [-0.2, 0) is 22.4 Å². The van der Waals surface area contributed by atoms with E-state index < -0.39 is 12.1 Å². The highest BCUT2D eigenvalue weighted by Crippen LogP contribution is 2.23. The van der Waals surface area contributed by atoms with E-state index in [-0.39, 0.29) is 31.1 Å². The molecule has 1 aromatic carbocycles. The minimum Gasteiger partial charge on any atom is -0.391 e. The molecule has 1 aliphatic heterocycles. The number of carbonyl (C=O) groups excluding carboxylic acids is 2. The monoisotopic (exact) mass is 419 g/mol. The zero-order valence-corrected chi connectivity index (χ0v) is 17.4. The van der Waals surface area contributed by atoms with Gasteiger partial charge in [-0.25, -0.2) is 0 Å². The van der Waals surface area contributed by atoms with Gasteiger partial charge < -0.3 is 14.5 Å². The lowest BCUT2D eigenvalue weighted by atomic mass is 9.99. The summed E-state index contributed by atoms with van der Waals surface area (Å²) in [7, 11) is 0. The molecule has 4 rings (SSSR count). The lowest BCUT2D eigenvalue weighted by molar-refractivity contribution is -0.137. The minimum atomic E-state index is -0.686. The Morgan fingerprint density at radius 3 is 2.52 bits per heavy atom. The number of pyridine rings is 1. The maximum Gasteiger partial charge on any atom is 0.231 e. The molecule has 1 amide bonds. The van der Waals surface area contributed by atoms with E-state index in [1.165, 1.54) is 4.90 Å². The number of benzene rings is 1. The van der Waals surface area contributed by atoms with E-state index in [2.05, 4.69) is 10.1 Å². The molecule has 0 bridgehead atoms. The van der Waals surface area contributed by atoms with Crippen LogP contribution in [0.5, 0.6) is 0 Å². The topological polar surface area (TPSA) is 96.5 Å². The van der Waals surface area contributed by atoms with Crippen LogP contribution in [0.15, 0.2) is 59.4 Å². The van der Waals surface area contributed by atoms with Crippen molar-refractivity contribution >= 4 is 11.7 Å². The SMILES string of the molecule is Cc1cc(CC(=O)N2C[C@H](O)C[C@H]2C(=O)CCc2ccc(-c3ccncc3)cc2)on1. The summed E-state index contributed by atoms with van der Waals surface area (Å²) in [5.41, 5.74) is 3.94. The Kier molecular flexibility index (Phi) is 6.23. The number of likely N-dealkylation sites (tertiary alicyclic amines) is 1. The van der Waals surface area contributed by atoms with Gasteiger partial charge in [0, 0.05) is 37.8 Å². The number of aryl methyl sites for hydroxylation is 2. The zero-order chi connectivity index (χ0) is 21.8. The number of nitrogens with zero attached hydrogens (tertiary/aromatic N) is 3. The fourth-order valence-corrected chi connectivity index (χ4v) is 3.99. The number of carbonyl (C=O) groups is 2. The van der Waals surface area contributed by atoms with Crippen molar-refractivity contribution in [2.45, 2.75) is 44.8 Å². The van der Waals surface area contributed by atoms with E-state index in [4.69, 9.17) is 4.52 Å². The fourth-order valence-electron chi connectivity index (χ4n) is 3.99. The van der Waals surface area contributed by atoms with Gasteiger partial charge >= 0.3 is 0 Å². The number of rotatable bonds is 7. The fraction of sp³-hybridized carbons (Fsp3) is 0.333. The van der Waals surface area contributed by atoms with Crippen LogP contribution in [0, 0.1) is 6.92 Å². The highest BCUT2D eigenvalue weighted by Gasteiger charge is 2.38. The van der Waals surface area contributed by atoms with Crippen LogP contribution in [0.1, 0.15) is 29.9 Å². The van der Waals surface area contributed by atoms with Gasteiger partial charge in [-0.1, -0.05) is 29.4 Å². The van der Waals surface area contributed by atoms with Crippen molar-refractivity contribution in [3.8, 4) is 11.1 Å². The van der Waals surface area contributed by atoms with Crippen LogP contribution in [0.3, 0.4) is 0 Å². The first-order valence-electron chi connectivity index (χ1n) is 10.4. The van der Waals surface area contributed by atoms with Crippen molar-refractivity contribution in [3.63, 3.8) is 0 Å². The number of aliphatic hydroxyl groups excluding tert-OH is 1. The second-order valence-electron chi connectivity index (χ2n) is 7.96. The smallest absolute Gasteiger partial charge is 0.231 e. The molecule has 0 unspecified atom stereocenters. The van der Waals surface area contributed by atoms with Gasteiger partial charge in [0.2, 0.25) is 5.91 Å². The van der Waals surface area contributed by atoms with Gasteiger partial charge in [0.1, 0.15) is 5.76 Å². The predicted molar refractivity (Wildman–Crippen MR) is 114 cm³/mol. The molecular weight excluding hydrogens is 394 g/mol. The lowest BCUT2D eigenvalue weighted by Gasteiger charge is -2.23. The molecule has 2 atom stereocenters. The molecule has 0 spiro atoms. The molecule has 1 fully saturated rings. The Morgan fingerprint density at radius 1 is 1.13 bits per heavy atom. The summed E-state index contributed by atoms with van der Waals surface area (Å²) in [6, 6.07) is 13.1. The summed E-state index contributed by atoms with van der Waals surface area (Å²) >= 11 is 0. The quantitative estimate of drug-likeness (QED) is 0.633. The van der Waals surface area contributed by atoms with Crippen molar-refractivity contribution in [3.05, 3.63) is 71.9 Å². The largest absolute Gasteiger partial charge is 0.391 e. The van der Waals surface area contributed by atoms with Gasteiger partial charge in [0.05, 0.1) is 24.3 Å². The van der Waals surface area contributed by atoms with E-state index in [9.17, 15) is 14.7 Å². The Morgan fingerprint density at radius 2 is 1.84 bits per heavy atom. The molecule has 0 aliphatic carbocycles. The predicted octanol–water partition coefficient (Wildman–Crippen LogP) is 2.75. The molecule has 3 aromatic rings. The molecule has 7 nitrogen and oxygen atoms in total. The Labute approximate surface area is 180 Å². The molecule has 1 saturated heterocycles. The number of hydrogen-bond acceptors (Lipinski definition) is 6. The molecule has 1 aliphatic rings. The average molecular weight is 419 g/mol. The maximum atomic E-state index is 12.9. The Bertz CT molecular complexity index is 1050. The summed E-state index contributed by atoms with van der Waals surface area (Å²) in [5.74, 6) is 0.203. The van der Waals surface area contributed by atoms with E-state index in [0.717, 1.165) is 16.7 Å². The van der Waals surface area contributed by atoms with Crippen LogP contribution in [0.25, 0.3) is 11.1 Å². The van der Waals surface area contributed by atoms with Gasteiger partial charge in [-0.3, -0.25) is 14.6 Å². The molecular formula is C24H25N3O4. The minimum absolute atomic E-state index is 0.0307. The number of amides is 1. The second kappa shape index (κ2) is 9.22. The van der Waals surface area contributed by atoms with Gasteiger partial charge in [0.25, 0.3) is 0 Å². The van der Waals surface area contributed by atoms with Gasteiger partial charge in [-0.15, -0.1) is 0 Å². The third kappa shape index (κ3) is 5.06. The van der Waals surface area contributed by atoms with Crippen molar-refractivity contribution in [1.29, 1.82) is 0 Å². The summed E-state index contributed by atoms with van der Waals surface area (Å²) in [6.45, 7) is 1.95. The van der Waals surface area contributed by atoms with Crippen molar-refractivity contribution in [2.75, 3.05) is 6.54 Å². The number of ketones is 1. The van der Waals surface area contributed by atoms with Gasteiger partial charge in [-0.2, -0.15) is 0 Å². The van der Waals surface area contributed by atoms with E-state index >= 15 is 0 Å². The number of β-amino-alcohol motifs (C(OH)–C–C–N with tert-alkyl or cyclic N) is 1. The van der Waals surface area contributed by atoms with Crippen LogP contribution in [0.2, 0.25) is 0 Å². The van der Waals surface area contributed by atoms with Gasteiger partial charge in [-0.05, 0) is 42.2 Å². The molecule has 0 saturated carbocycles. The van der Waals surface area contributed by atoms with Crippen LogP contribution < -0.4 is 0 Å². The number of aromatic nitrogens is 2. The molecule has 7 heteroatoms. The molecule has 0 radical (unpaired) electrons. The average Bonchev–Trinajstić information content (AvgIpc) is 3.38. The first-order valence-corrected chi connectivity index (χ1v) is 10.4. The first-order chi connectivity index (χ1) is 15.0. The molecule has 3 heterocycles. The maximum absolute atomic E-state index is 12.9. The third-order valence-corrected chi connectivity index (χ3v) is 5.60. The number of Topliss-reactive ketones (excluding diaryl/α,β-unsaturated/α-hetero) is 1. The normalized spacial score (nSPS) is 18.3. The summed E-state index contributed by atoms with van der Waals surface area (Å²) in [5, 5.41) is 13.9. The lowest BCUT2D eigenvalue weighted by Crippen LogP contribution is -2.41. The van der Waals surface area contributed by atoms with Crippen molar-refractivity contribution < 1.29 is 19.2 Å². The van der Waals surface area contributed by atoms with Crippen molar-refractivity contribution in [2.24, 2.45) is 0 Å². The molecule has 1 N–H and O–H groups in total. The number of hydrogen-bond donors (Lipinski definition) is 1. The highest BCUT2D eigenvalue weighted by molar-refractivity contribution is 5.90. The van der Waals surface area contributed by atoms with Crippen LogP contribution >= 0.6 is 0 Å². The van der Waals surface area contributed by atoms with Gasteiger partial charge in [0.15, 0.2) is 5.78 Å². The number of aliphatic hydroxyl groups is 1. The van der Waals surface area contributed by atoms with E-state index in [1.54, 1.807) is 25.4 Å². The second-order valence-corrected chi connectivity index (χ2v) is 7.96. The Balaban J connectivity index is 1.36. The van der Waals surface area contributed by atoms with Crippen molar-refractivity contribution in [1.82, 2.24) is 15.0 Å².